The molecule has 7 rings (SSSR count). The van der Waals surface area contributed by atoms with E-state index in [1.807, 2.05) is 163 Å². The van der Waals surface area contributed by atoms with Crippen LogP contribution in [-0.4, -0.2) is 25.0 Å². The summed E-state index contributed by atoms with van der Waals surface area (Å²) in [7, 11) is 0. The number of phenolic OH excluding ortho intramolecular Hbond substituents is 4. The van der Waals surface area contributed by atoms with E-state index >= 15 is 0 Å². The van der Waals surface area contributed by atoms with Crippen molar-refractivity contribution < 1.29 is 20.4 Å². The van der Waals surface area contributed by atoms with E-state index in [0.717, 1.165) is 74.1 Å². The molecule has 0 spiro atoms. The van der Waals surface area contributed by atoms with Crippen LogP contribution in [0.15, 0.2) is 122 Å². The summed E-state index contributed by atoms with van der Waals surface area (Å²) in [6, 6.07) is 23.2. The molecule has 1 aliphatic rings. The summed E-state index contributed by atoms with van der Waals surface area (Å²) in [4.78, 5) is 1.68. The van der Waals surface area contributed by atoms with Gasteiger partial charge in [0.2, 0.25) is 0 Å². The fraction of sp³-hybridized carbons (Fsp3) is 0.164. The number of allylic oxidation sites excluding steroid dienone is 7. The second-order valence-electron chi connectivity index (χ2n) is 14.6. The number of phenols is 4. The van der Waals surface area contributed by atoms with E-state index in [4.69, 9.17) is 0 Å². The summed E-state index contributed by atoms with van der Waals surface area (Å²) >= 11 is 0. The van der Waals surface area contributed by atoms with E-state index < -0.39 is 23.0 Å². The maximum absolute atomic E-state index is 12.1. The van der Waals surface area contributed by atoms with E-state index in [9.17, 15) is 20.4 Å². The molecule has 0 aliphatic heterocycles. The average Bonchev–Trinajstić information content (AvgIpc) is 3.38. The van der Waals surface area contributed by atoms with Crippen molar-refractivity contribution in [3.05, 3.63) is 167 Å². The molecule has 1 aliphatic carbocycles. The first-order valence-electron chi connectivity index (χ1n) is 20.5. The average molecular weight is 809 g/mol. The fourth-order valence-electron chi connectivity index (χ4n) is 7.67. The molecule has 310 valence electrons. The Balaban J connectivity index is 0.00000111. The zero-order valence-electron chi connectivity index (χ0n) is 36.2. The maximum atomic E-state index is 12.1. The highest BCUT2D eigenvalue weighted by Crippen LogP contribution is 2.59. The summed E-state index contributed by atoms with van der Waals surface area (Å²) < 4.78 is 2.18. The van der Waals surface area contributed by atoms with Crippen LogP contribution in [0, 0.1) is 33.6 Å². The number of nitrogens with zero attached hydrogens (tertiary/aromatic N) is 2. The van der Waals surface area contributed by atoms with Crippen LogP contribution in [-0.2, 0) is 6.42 Å². The number of hydrogen-bond donors (Lipinski definition) is 4. The Bertz CT molecular complexity index is 2720. The van der Waals surface area contributed by atoms with Crippen LogP contribution in [0.25, 0.3) is 51.9 Å². The number of fused-ring (bicyclic) bond motifs is 2. The third kappa shape index (κ3) is 8.69. The van der Waals surface area contributed by atoms with Gasteiger partial charge in [0.1, 0.15) is 5.69 Å². The highest BCUT2D eigenvalue weighted by atomic mass is 16.3. The SMILES string of the molecule is C#C.C/C=C\C.C=Cc1c2c(n(-c3cccc(N(c4ccc(C)c(C)c4)c4c(O)c(O)c(-c5cc(/C=C\CC)c(C)c6ccccc56)c(O)c4O)c3)c1/C=C\C)C=CC=CC2. The third-order valence-electron chi connectivity index (χ3n) is 10.9. The molecule has 6 heteroatoms. The van der Waals surface area contributed by atoms with E-state index in [2.05, 4.69) is 49.1 Å². The van der Waals surface area contributed by atoms with Crippen molar-refractivity contribution in [1.82, 2.24) is 4.57 Å². The summed E-state index contributed by atoms with van der Waals surface area (Å²) in [6.07, 6.45) is 31.9. The molecular formula is C55H56N2O4. The Hall–Kier alpha value is -7.36. The lowest BCUT2D eigenvalue weighted by atomic mass is 9.90. The number of terminal acetylenes is 1. The molecule has 0 saturated heterocycles. The first kappa shape index (κ1) is 44.7. The van der Waals surface area contributed by atoms with Gasteiger partial charge in [-0.3, -0.25) is 0 Å². The van der Waals surface area contributed by atoms with Gasteiger partial charge in [-0.1, -0.05) is 105 Å². The van der Waals surface area contributed by atoms with Crippen molar-refractivity contribution in [2.24, 2.45) is 0 Å². The van der Waals surface area contributed by atoms with E-state index in [-0.39, 0.29) is 11.3 Å². The summed E-state index contributed by atoms with van der Waals surface area (Å²) in [5.74, 6) is -2.24. The van der Waals surface area contributed by atoms with Gasteiger partial charge in [-0.05, 0) is 147 Å². The number of anilines is 3. The van der Waals surface area contributed by atoms with Crippen molar-refractivity contribution >= 4 is 52.1 Å². The molecule has 0 saturated carbocycles. The first-order chi connectivity index (χ1) is 29.5. The predicted molar refractivity (Wildman–Crippen MR) is 261 cm³/mol. The minimum Gasteiger partial charge on any atom is -0.504 e. The molecule has 0 amide bonds. The number of aromatic nitrogens is 1. The lowest BCUT2D eigenvalue weighted by molar-refractivity contribution is 0.377. The Morgan fingerprint density at radius 1 is 0.738 bits per heavy atom. The van der Waals surface area contributed by atoms with Gasteiger partial charge in [-0.15, -0.1) is 12.8 Å². The highest BCUT2D eigenvalue weighted by molar-refractivity contribution is 6.05. The predicted octanol–water partition coefficient (Wildman–Crippen LogP) is 14.6. The van der Waals surface area contributed by atoms with Crippen LogP contribution in [0.4, 0.5) is 17.1 Å². The van der Waals surface area contributed by atoms with E-state index in [1.165, 1.54) is 0 Å². The van der Waals surface area contributed by atoms with Gasteiger partial charge >= 0.3 is 0 Å². The van der Waals surface area contributed by atoms with Crippen molar-refractivity contribution in [2.45, 2.75) is 61.3 Å². The number of benzene rings is 5. The minimum atomic E-state index is -0.573. The molecule has 0 atom stereocenters. The first-order valence-corrected chi connectivity index (χ1v) is 20.5. The van der Waals surface area contributed by atoms with E-state index in [1.54, 1.807) is 4.90 Å². The van der Waals surface area contributed by atoms with Gasteiger partial charge in [0.05, 0.1) is 17.0 Å². The second kappa shape index (κ2) is 20.1. The van der Waals surface area contributed by atoms with Crippen molar-refractivity contribution in [2.75, 3.05) is 4.90 Å². The largest absolute Gasteiger partial charge is 0.504 e. The van der Waals surface area contributed by atoms with Gasteiger partial charge in [0.25, 0.3) is 0 Å². The zero-order chi connectivity index (χ0) is 44.4. The molecule has 6 aromatic rings. The summed E-state index contributed by atoms with van der Waals surface area (Å²) in [6.45, 7) is 18.2. The third-order valence-corrected chi connectivity index (χ3v) is 10.9. The van der Waals surface area contributed by atoms with Crippen LogP contribution < -0.4 is 4.90 Å². The van der Waals surface area contributed by atoms with Gasteiger partial charge in [-0.25, -0.2) is 0 Å². The number of rotatable bonds is 9. The molecule has 0 bridgehead atoms. The zero-order valence-corrected chi connectivity index (χ0v) is 36.2. The van der Waals surface area contributed by atoms with Crippen LogP contribution in [0.3, 0.4) is 0 Å². The number of aromatic hydroxyl groups is 4. The molecular weight excluding hydrogens is 753 g/mol. The Morgan fingerprint density at radius 3 is 2.03 bits per heavy atom. The van der Waals surface area contributed by atoms with Crippen molar-refractivity contribution in [3.8, 4) is 52.7 Å². The van der Waals surface area contributed by atoms with Crippen LogP contribution in [0.5, 0.6) is 23.0 Å². The van der Waals surface area contributed by atoms with Gasteiger partial charge < -0.3 is 29.9 Å². The number of aryl methyl sites for hydroxylation is 3. The smallest absolute Gasteiger partial charge is 0.186 e. The summed E-state index contributed by atoms with van der Waals surface area (Å²) in [5, 5.41) is 49.9. The van der Waals surface area contributed by atoms with Crippen LogP contribution >= 0.6 is 0 Å². The molecule has 0 unspecified atom stereocenters. The monoisotopic (exact) mass is 808 g/mol. The Kier molecular flexibility index (Phi) is 14.7. The highest BCUT2D eigenvalue weighted by Gasteiger charge is 2.31. The molecule has 5 aromatic carbocycles. The molecule has 4 N–H and O–H groups in total. The Labute approximate surface area is 361 Å². The Morgan fingerprint density at radius 2 is 1.41 bits per heavy atom. The standard InChI is InChI=1S/C49H46N2O4.C4H8.C2H2/c1-7-10-18-33-28-41(39-22-15-14-21-38(39)32(33)6)44-46(52)48(54)45(49(55)47(44)53)50(36-26-25-30(4)31(5)27-36)34-19-16-20-35(29-34)51-42(17-8-2)37(9-3)40-23-12-11-13-24-43(40)51;1-3-4-2;1-2/h8-22,24-29,52-55H,3,7,23H2,1-2,4-6H3;3-4H,1-2H3;1-2H/b17-8-,18-10-;4-3-;. The van der Waals surface area contributed by atoms with Crippen LogP contribution in [0.2, 0.25) is 0 Å². The quantitative estimate of drug-likeness (QED) is 0.0506. The van der Waals surface area contributed by atoms with Gasteiger partial charge in [0.15, 0.2) is 23.0 Å². The normalized spacial score (nSPS) is 12.0. The fourth-order valence-corrected chi connectivity index (χ4v) is 7.67. The molecule has 0 fully saturated rings. The molecule has 1 aromatic heterocycles. The minimum absolute atomic E-state index is 0.0572. The maximum Gasteiger partial charge on any atom is 0.186 e. The van der Waals surface area contributed by atoms with Crippen molar-refractivity contribution in [1.29, 1.82) is 0 Å². The molecule has 61 heavy (non-hydrogen) atoms. The van der Waals surface area contributed by atoms with Crippen LogP contribution in [0.1, 0.15) is 78.9 Å². The van der Waals surface area contributed by atoms with Gasteiger partial charge in [-0.2, -0.15) is 0 Å². The summed E-state index contributed by atoms with van der Waals surface area (Å²) in [5.41, 5.74) is 10.5. The van der Waals surface area contributed by atoms with Crippen molar-refractivity contribution in [3.63, 3.8) is 0 Å². The van der Waals surface area contributed by atoms with Gasteiger partial charge in [0, 0.05) is 22.6 Å². The van der Waals surface area contributed by atoms with E-state index in [0.29, 0.717) is 16.9 Å². The molecule has 0 radical (unpaired) electrons. The molecule has 6 nitrogen and oxygen atoms in total. The second-order valence-corrected chi connectivity index (χ2v) is 14.6. The lowest BCUT2D eigenvalue weighted by Gasteiger charge is -2.29. The number of hydrogen-bond acceptors (Lipinski definition) is 5. The lowest BCUT2D eigenvalue weighted by Crippen LogP contribution is -2.12. The topological polar surface area (TPSA) is 89.1 Å². The molecule has 1 heterocycles.